The lowest BCUT2D eigenvalue weighted by Crippen LogP contribution is -2.40. The van der Waals surface area contributed by atoms with Crippen molar-refractivity contribution >= 4 is 29.9 Å². The molecule has 0 aromatic heterocycles. The van der Waals surface area contributed by atoms with Crippen molar-refractivity contribution in [3.05, 3.63) is 35.4 Å². The van der Waals surface area contributed by atoms with Crippen LogP contribution in [0, 0.1) is 6.92 Å². The molecule has 0 unspecified atom stereocenters. The van der Waals surface area contributed by atoms with Crippen molar-refractivity contribution in [3.8, 4) is 0 Å². The van der Waals surface area contributed by atoms with Crippen molar-refractivity contribution in [2.24, 2.45) is 4.99 Å². The third-order valence-corrected chi connectivity index (χ3v) is 2.36. The molecule has 1 aromatic rings. The molecule has 0 fully saturated rings. The van der Waals surface area contributed by atoms with Crippen LogP contribution in [0.2, 0.25) is 0 Å². The Hall–Kier alpha value is -0.780. The number of aliphatic imine (C=N–C) groups is 1. The van der Waals surface area contributed by atoms with Gasteiger partial charge in [0.2, 0.25) is 0 Å². The highest BCUT2D eigenvalue weighted by Crippen LogP contribution is 2.05. The molecule has 0 aliphatic heterocycles. The van der Waals surface area contributed by atoms with E-state index in [4.69, 9.17) is 0 Å². The predicted octanol–water partition coefficient (Wildman–Crippen LogP) is 2.69. The number of rotatable bonds is 3. The van der Waals surface area contributed by atoms with Crippen LogP contribution in [-0.2, 0) is 6.54 Å². The second kappa shape index (κ2) is 8.33. The Morgan fingerprint density at radius 3 is 2.47 bits per heavy atom. The minimum absolute atomic E-state index is 0. The van der Waals surface area contributed by atoms with Crippen molar-refractivity contribution in [2.75, 3.05) is 7.05 Å². The standard InChI is InChI=1S/C13H21N3.HI/c1-10(2)16-13(14-4)15-9-12-8-6-5-7-11(12)3;/h5-8,10H,9H2,1-4H3,(H2,14,15,16);1H. The summed E-state index contributed by atoms with van der Waals surface area (Å²) in [5, 5.41) is 6.55. The van der Waals surface area contributed by atoms with E-state index in [-0.39, 0.29) is 24.0 Å². The molecule has 0 radical (unpaired) electrons. The summed E-state index contributed by atoms with van der Waals surface area (Å²) < 4.78 is 0. The van der Waals surface area contributed by atoms with Gasteiger partial charge in [-0.3, -0.25) is 4.99 Å². The quantitative estimate of drug-likeness (QED) is 0.501. The van der Waals surface area contributed by atoms with Gasteiger partial charge >= 0.3 is 0 Å². The molecule has 1 aromatic carbocycles. The molecular formula is C13H22IN3. The summed E-state index contributed by atoms with van der Waals surface area (Å²) in [7, 11) is 1.79. The number of benzene rings is 1. The molecule has 0 saturated heterocycles. The lowest BCUT2D eigenvalue weighted by molar-refractivity contribution is 0.699. The second-order valence-electron chi connectivity index (χ2n) is 4.15. The van der Waals surface area contributed by atoms with Gasteiger partial charge < -0.3 is 10.6 Å². The zero-order valence-corrected chi connectivity index (χ0v) is 13.3. The fourth-order valence-electron chi connectivity index (χ4n) is 1.46. The van der Waals surface area contributed by atoms with Crippen LogP contribution in [-0.4, -0.2) is 19.0 Å². The van der Waals surface area contributed by atoms with Crippen LogP contribution < -0.4 is 10.6 Å². The van der Waals surface area contributed by atoms with E-state index in [1.165, 1.54) is 11.1 Å². The number of hydrogen-bond acceptors (Lipinski definition) is 1. The first-order valence-electron chi connectivity index (χ1n) is 5.65. The van der Waals surface area contributed by atoms with Crippen LogP contribution in [0.1, 0.15) is 25.0 Å². The summed E-state index contributed by atoms with van der Waals surface area (Å²) in [5.74, 6) is 0.846. The lowest BCUT2D eigenvalue weighted by Gasteiger charge is -2.15. The van der Waals surface area contributed by atoms with Gasteiger partial charge in [0.25, 0.3) is 0 Å². The summed E-state index contributed by atoms with van der Waals surface area (Å²) in [6.45, 7) is 7.12. The Balaban J connectivity index is 0.00000256. The Morgan fingerprint density at radius 1 is 1.29 bits per heavy atom. The van der Waals surface area contributed by atoms with Gasteiger partial charge in [-0.1, -0.05) is 24.3 Å². The van der Waals surface area contributed by atoms with Crippen molar-refractivity contribution in [1.82, 2.24) is 10.6 Å². The lowest BCUT2D eigenvalue weighted by atomic mass is 10.1. The van der Waals surface area contributed by atoms with Gasteiger partial charge in [-0.15, -0.1) is 24.0 Å². The van der Waals surface area contributed by atoms with E-state index < -0.39 is 0 Å². The first-order valence-corrected chi connectivity index (χ1v) is 5.65. The third kappa shape index (κ3) is 5.91. The van der Waals surface area contributed by atoms with Crippen LogP contribution in [0.25, 0.3) is 0 Å². The van der Waals surface area contributed by atoms with Crippen molar-refractivity contribution in [2.45, 2.75) is 33.4 Å². The Labute approximate surface area is 121 Å². The molecule has 1 rings (SSSR count). The number of nitrogens with one attached hydrogen (secondary N) is 2. The highest BCUT2D eigenvalue weighted by Gasteiger charge is 2.01. The third-order valence-electron chi connectivity index (χ3n) is 2.36. The van der Waals surface area contributed by atoms with Crippen LogP contribution >= 0.6 is 24.0 Å². The monoisotopic (exact) mass is 347 g/mol. The molecule has 0 atom stereocenters. The molecule has 4 heteroatoms. The van der Waals surface area contributed by atoms with Crippen LogP contribution in [0.5, 0.6) is 0 Å². The van der Waals surface area contributed by atoms with E-state index in [0.717, 1.165) is 12.5 Å². The maximum Gasteiger partial charge on any atom is 0.191 e. The fourth-order valence-corrected chi connectivity index (χ4v) is 1.46. The van der Waals surface area contributed by atoms with Crippen molar-refractivity contribution in [3.63, 3.8) is 0 Å². The Kier molecular flexibility index (Phi) is 7.95. The SMILES string of the molecule is CN=C(NCc1ccccc1C)NC(C)C.I. The first kappa shape index (κ1) is 16.2. The van der Waals surface area contributed by atoms with Gasteiger partial charge in [-0.2, -0.15) is 0 Å². The molecule has 17 heavy (non-hydrogen) atoms. The summed E-state index contributed by atoms with van der Waals surface area (Å²) >= 11 is 0. The summed E-state index contributed by atoms with van der Waals surface area (Å²) in [4.78, 5) is 4.17. The van der Waals surface area contributed by atoms with E-state index in [9.17, 15) is 0 Å². The largest absolute Gasteiger partial charge is 0.354 e. The minimum Gasteiger partial charge on any atom is -0.354 e. The van der Waals surface area contributed by atoms with Crippen molar-refractivity contribution in [1.29, 1.82) is 0 Å². The minimum atomic E-state index is 0. The summed E-state index contributed by atoms with van der Waals surface area (Å²) in [6.07, 6.45) is 0. The number of guanidine groups is 1. The topological polar surface area (TPSA) is 36.4 Å². The van der Waals surface area contributed by atoms with Gasteiger partial charge in [0.15, 0.2) is 5.96 Å². The summed E-state index contributed by atoms with van der Waals surface area (Å²) in [6, 6.07) is 8.76. The molecule has 0 aliphatic carbocycles. The van der Waals surface area contributed by atoms with E-state index >= 15 is 0 Å². The summed E-state index contributed by atoms with van der Waals surface area (Å²) in [5.41, 5.74) is 2.60. The van der Waals surface area contributed by atoms with Crippen LogP contribution in [0.15, 0.2) is 29.3 Å². The van der Waals surface area contributed by atoms with Crippen molar-refractivity contribution < 1.29 is 0 Å². The van der Waals surface area contributed by atoms with E-state index in [2.05, 4.69) is 60.7 Å². The zero-order chi connectivity index (χ0) is 12.0. The average molecular weight is 347 g/mol. The molecule has 0 amide bonds. The van der Waals surface area contributed by atoms with E-state index in [1.54, 1.807) is 7.05 Å². The number of nitrogens with zero attached hydrogens (tertiary/aromatic N) is 1. The molecule has 0 aliphatic rings. The maximum atomic E-state index is 4.17. The van der Waals surface area contributed by atoms with Crippen LogP contribution in [0.3, 0.4) is 0 Å². The highest BCUT2D eigenvalue weighted by atomic mass is 127. The predicted molar refractivity (Wildman–Crippen MR) is 85.1 cm³/mol. The number of halogens is 1. The highest BCUT2D eigenvalue weighted by molar-refractivity contribution is 14.0. The van der Waals surface area contributed by atoms with Gasteiger partial charge in [-0.05, 0) is 31.9 Å². The average Bonchev–Trinajstić information content (AvgIpc) is 2.25. The fraction of sp³-hybridized carbons (Fsp3) is 0.462. The number of aryl methyl sites for hydroxylation is 1. The second-order valence-corrected chi connectivity index (χ2v) is 4.15. The maximum absolute atomic E-state index is 4.17. The molecule has 0 spiro atoms. The normalized spacial score (nSPS) is 11.0. The molecule has 0 heterocycles. The Morgan fingerprint density at radius 2 is 1.94 bits per heavy atom. The first-order chi connectivity index (χ1) is 7.63. The van der Waals surface area contributed by atoms with Gasteiger partial charge in [0.05, 0.1) is 0 Å². The molecule has 0 saturated carbocycles. The van der Waals surface area contributed by atoms with Crippen LogP contribution in [0.4, 0.5) is 0 Å². The van der Waals surface area contributed by atoms with E-state index in [0.29, 0.717) is 6.04 Å². The molecule has 96 valence electrons. The molecular weight excluding hydrogens is 325 g/mol. The zero-order valence-electron chi connectivity index (χ0n) is 10.9. The van der Waals surface area contributed by atoms with Gasteiger partial charge in [-0.25, -0.2) is 0 Å². The van der Waals surface area contributed by atoms with Gasteiger partial charge in [0.1, 0.15) is 0 Å². The molecule has 2 N–H and O–H groups in total. The smallest absolute Gasteiger partial charge is 0.191 e. The molecule has 3 nitrogen and oxygen atoms in total. The van der Waals surface area contributed by atoms with Gasteiger partial charge in [0, 0.05) is 19.6 Å². The molecule has 0 bridgehead atoms. The Bertz CT molecular complexity index is 361. The number of hydrogen-bond donors (Lipinski definition) is 2. The van der Waals surface area contributed by atoms with E-state index in [1.807, 2.05) is 0 Å².